The number of nitrogens with one attached hydrogen (secondary N) is 1. The predicted octanol–water partition coefficient (Wildman–Crippen LogP) is 4.62. The van der Waals surface area contributed by atoms with Gasteiger partial charge < -0.3 is 18.9 Å². The summed E-state index contributed by atoms with van der Waals surface area (Å²) in [5.41, 5.74) is 3.48. The van der Waals surface area contributed by atoms with Crippen molar-refractivity contribution < 1.29 is 28.5 Å². The first-order chi connectivity index (χ1) is 17.1. The van der Waals surface area contributed by atoms with E-state index in [0.29, 0.717) is 29.2 Å². The van der Waals surface area contributed by atoms with Gasteiger partial charge in [-0.15, -0.1) is 0 Å². The van der Waals surface area contributed by atoms with E-state index in [0.717, 1.165) is 18.6 Å². The van der Waals surface area contributed by atoms with Crippen LogP contribution in [0.5, 0.6) is 23.0 Å². The normalized spacial score (nSPS) is 10.6. The van der Waals surface area contributed by atoms with Crippen molar-refractivity contribution in [1.29, 1.82) is 0 Å². The van der Waals surface area contributed by atoms with E-state index in [1.165, 1.54) is 13.3 Å². The van der Waals surface area contributed by atoms with Gasteiger partial charge in [0.25, 0.3) is 5.91 Å². The fourth-order valence-electron chi connectivity index (χ4n) is 2.91. The van der Waals surface area contributed by atoms with Crippen LogP contribution in [0.4, 0.5) is 0 Å². The van der Waals surface area contributed by atoms with E-state index in [4.69, 9.17) is 18.9 Å². The molecule has 0 bridgehead atoms. The third-order valence-electron chi connectivity index (χ3n) is 4.76. The van der Waals surface area contributed by atoms with Crippen molar-refractivity contribution in [1.82, 2.24) is 5.43 Å². The number of carbonyl (C=O) groups is 2. The Labute approximate surface area is 204 Å². The first kappa shape index (κ1) is 25.3. The van der Waals surface area contributed by atoms with Gasteiger partial charge in [0, 0.05) is 0 Å². The molecule has 0 aliphatic rings. The summed E-state index contributed by atoms with van der Waals surface area (Å²) < 4.78 is 21.8. The number of hydrazone groups is 1. The minimum atomic E-state index is -0.490. The van der Waals surface area contributed by atoms with Gasteiger partial charge in [0.1, 0.15) is 11.5 Å². The minimum Gasteiger partial charge on any atom is -0.494 e. The van der Waals surface area contributed by atoms with E-state index >= 15 is 0 Å². The second-order valence-electron chi connectivity index (χ2n) is 7.42. The molecular formula is C27H28N2O6. The van der Waals surface area contributed by atoms with Crippen molar-refractivity contribution in [2.75, 3.05) is 20.3 Å². The summed E-state index contributed by atoms with van der Waals surface area (Å²) in [6, 6.07) is 20.7. The average molecular weight is 477 g/mol. The van der Waals surface area contributed by atoms with Crippen LogP contribution < -0.4 is 24.4 Å². The van der Waals surface area contributed by atoms with Gasteiger partial charge in [-0.05, 0) is 66.6 Å². The number of amides is 1. The van der Waals surface area contributed by atoms with Gasteiger partial charge in [-0.2, -0.15) is 5.10 Å². The highest BCUT2D eigenvalue weighted by Crippen LogP contribution is 2.28. The van der Waals surface area contributed by atoms with Crippen molar-refractivity contribution >= 4 is 18.1 Å². The second-order valence-corrected chi connectivity index (χ2v) is 7.42. The van der Waals surface area contributed by atoms with Crippen LogP contribution in [0.3, 0.4) is 0 Å². The number of benzene rings is 3. The summed E-state index contributed by atoms with van der Waals surface area (Å²) >= 11 is 0. The topological polar surface area (TPSA) is 95.5 Å². The summed E-state index contributed by atoms with van der Waals surface area (Å²) in [5.74, 6) is 1.04. The molecule has 0 heterocycles. The summed E-state index contributed by atoms with van der Waals surface area (Å²) in [4.78, 5) is 24.3. The molecule has 0 spiro atoms. The largest absolute Gasteiger partial charge is 0.494 e. The van der Waals surface area contributed by atoms with Gasteiger partial charge >= 0.3 is 5.97 Å². The lowest BCUT2D eigenvalue weighted by Gasteiger charge is -2.10. The maximum absolute atomic E-state index is 12.3. The fourth-order valence-corrected chi connectivity index (χ4v) is 2.91. The Hall–Kier alpha value is -4.33. The number of carbonyl (C=O) groups excluding carboxylic acids is 2. The third-order valence-corrected chi connectivity index (χ3v) is 4.76. The molecule has 0 aromatic heterocycles. The quantitative estimate of drug-likeness (QED) is 0.135. The molecule has 3 aromatic rings. The molecule has 0 aliphatic carbocycles. The summed E-state index contributed by atoms with van der Waals surface area (Å²) in [5, 5.41) is 3.94. The summed E-state index contributed by atoms with van der Waals surface area (Å²) in [6.45, 7) is 2.59. The zero-order chi connectivity index (χ0) is 24.9. The van der Waals surface area contributed by atoms with E-state index in [-0.39, 0.29) is 12.4 Å². The standard InChI is InChI=1S/C27H28N2O6/c1-3-4-16-33-22-11-13-23(14-12-22)34-19-26(30)29-28-18-20-10-15-24(25(17-20)32-2)35-27(31)21-8-6-5-7-9-21/h5-15,17-18H,3-4,16,19H2,1-2H3,(H,29,30)/b28-18+. The highest BCUT2D eigenvalue weighted by atomic mass is 16.6. The monoisotopic (exact) mass is 476 g/mol. The Morgan fingerprint density at radius 2 is 1.63 bits per heavy atom. The summed E-state index contributed by atoms with van der Waals surface area (Å²) in [7, 11) is 1.47. The molecule has 0 aliphatic heterocycles. The lowest BCUT2D eigenvalue weighted by molar-refractivity contribution is -0.123. The molecule has 0 unspecified atom stereocenters. The predicted molar refractivity (Wildman–Crippen MR) is 132 cm³/mol. The van der Waals surface area contributed by atoms with Gasteiger partial charge in [-0.3, -0.25) is 4.79 Å². The number of esters is 1. The molecule has 1 amide bonds. The Kier molecular flexibility index (Phi) is 9.68. The van der Waals surface area contributed by atoms with Crippen LogP contribution in [0.15, 0.2) is 77.9 Å². The molecule has 35 heavy (non-hydrogen) atoms. The first-order valence-electron chi connectivity index (χ1n) is 11.2. The van der Waals surface area contributed by atoms with Crippen molar-refractivity contribution in [2.45, 2.75) is 19.8 Å². The maximum atomic E-state index is 12.3. The van der Waals surface area contributed by atoms with Crippen molar-refractivity contribution in [2.24, 2.45) is 5.10 Å². The SMILES string of the molecule is CCCCOc1ccc(OCC(=O)N/N=C/c2ccc(OC(=O)c3ccccc3)c(OC)c2)cc1. The highest BCUT2D eigenvalue weighted by Gasteiger charge is 2.12. The van der Waals surface area contributed by atoms with Crippen LogP contribution in [0.2, 0.25) is 0 Å². The minimum absolute atomic E-state index is 0.189. The van der Waals surface area contributed by atoms with E-state index in [1.54, 1.807) is 66.7 Å². The molecule has 182 valence electrons. The zero-order valence-corrected chi connectivity index (χ0v) is 19.7. The van der Waals surface area contributed by atoms with Crippen molar-refractivity contribution in [3.8, 4) is 23.0 Å². The van der Waals surface area contributed by atoms with Crippen molar-refractivity contribution in [3.63, 3.8) is 0 Å². The first-order valence-corrected chi connectivity index (χ1v) is 11.2. The number of nitrogens with zero attached hydrogens (tertiary/aromatic N) is 1. The van der Waals surface area contributed by atoms with Crippen LogP contribution in [0.25, 0.3) is 0 Å². The molecule has 3 aromatic carbocycles. The Morgan fingerprint density at radius 3 is 2.31 bits per heavy atom. The van der Waals surface area contributed by atoms with E-state index in [9.17, 15) is 9.59 Å². The van der Waals surface area contributed by atoms with Crippen molar-refractivity contribution in [3.05, 3.63) is 83.9 Å². The van der Waals surface area contributed by atoms with Crippen LogP contribution in [0.1, 0.15) is 35.7 Å². The fraction of sp³-hybridized carbons (Fsp3) is 0.222. The maximum Gasteiger partial charge on any atom is 0.343 e. The number of unbranched alkanes of at least 4 members (excludes halogenated alkanes) is 1. The molecule has 0 atom stereocenters. The molecule has 8 heteroatoms. The van der Waals surface area contributed by atoms with Gasteiger partial charge in [-0.25, -0.2) is 10.2 Å². The molecule has 0 saturated heterocycles. The molecule has 0 fully saturated rings. The number of rotatable bonds is 12. The number of hydrogen-bond donors (Lipinski definition) is 1. The van der Waals surface area contributed by atoms with E-state index in [1.807, 2.05) is 6.07 Å². The Morgan fingerprint density at radius 1 is 0.914 bits per heavy atom. The molecule has 8 nitrogen and oxygen atoms in total. The van der Waals surface area contributed by atoms with Gasteiger partial charge in [0.2, 0.25) is 0 Å². The molecule has 1 N–H and O–H groups in total. The molecule has 3 rings (SSSR count). The lowest BCUT2D eigenvalue weighted by atomic mass is 10.2. The van der Waals surface area contributed by atoms with Gasteiger partial charge in [-0.1, -0.05) is 31.5 Å². The number of methoxy groups -OCH3 is 1. The summed E-state index contributed by atoms with van der Waals surface area (Å²) in [6.07, 6.45) is 3.52. The van der Waals surface area contributed by atoms with Crippen LogP contribution in [-0.4, -0.2) is 38.4 Å². The molecular weight excluding hydrogens is 448 g/mol. The average Bonchev–Trinajstić information content (AvgIpc) is 2.89. The molecule has 0 saturated carbocycles. The van der Waals surface area contributed by atoms with Gasteiger partial charge in [0.05, 0.1) is 25.5 Å². The van der Waals surface area contributed by atoms with Crippen LogP contribution >= 0.6 is 0 Å². The zero-order valence-electron chi connectivity index (χ0n) is 19.7. The lowest BCUT2D eigenvalue weighted by Crippen LogP contribution is -2.24. The Balaban J connectivity index is 1.47. The van der Waals surface area contributed by atoms with Crippen LogP contribution in [-0.2, 0) is 4.79 Å². The molecule has 0 radical (unpaired) electrons. The number of ether oxygens (including phenoxy) is 4. The number of hydrogen-bond acceptors (Lipinski definition) is 7. The Bertz CT molecular complexity index is 1130. The smallest absolute Gasteiger partial charge is 0.343 e. The highest BCUT2D eigenvalue weighted by molar-refractivity contribution is 5.91. The second kappa shape index (κ2) is 13.4. The van der Waals surface area contributed by atoms with E-state index < -0.39 is 11.9 Å². The van der Waals surface area contributed by atoms with Gasteiger partial charge in [0.15, 0.2) is 18.1 Å². The van der Waals surface area contributed by atoms with E-state index in [2.05, 4.69) is 17.5 Å². The van der Waals surface area contributed by atoms with Crippen LogP contribution in [0, 0.1) is 0 Å². The third kappa shape index (κ3) is 8.19.